The lowest BCUT2D eigenvalue weighted by molar-refractivity contribution is -0.0209. The third-order valence-electron chi connectivity index (χ3n) is 5.58. The summed E-state index contributed by atoms with van der Waals surface area (Å²) in [6, 6.07) is 20.8. The van der Waals surface area contributed by atoms with E-state index in [0.29, 0.717) is 12.2 Å². The number of thioether (sulfide) groups is 1. The molecule has 0 saturated carbocycles. The third kappa shape index (κ3) is 3.21. The molecule has 0 spiro atoms. The van der Waals surface area contributed by atoms with Gasteiger partial charge in [0.15, 0.2) is 11.5 Å². The van der Waals surface area contributed by atoms with Crippen molar-refractivity contribution in [2.45, 2.75) is 23.6 Å². The van der Waals surface area contributed by atoms with Gasteiger partial charge in [0.1, 0.15) is 5.82 Å². The molecule has 0 N–H and O–H groups in total. The van der Waals surface area contributed by atoms with Crippen LogP contribution in [0.25, 0.3) is 0 Å². The molecule has 4 nitrogen and oxygen atoms in total. The summed E-state index contributed by atoms with van der Waals surface area (Å²) in [4.78, 5) is 1.20. The maximum Gasteiger partial charge on any atom is 0.214 e. The summed E-state index contributed by atoms with van der Waals surface area (Å²) in [5.74, 6) is 1.23. The van der Waals surface area contributed by atoms with Crippen molar-refractivity contribution in [3.8, 4) is 11.5 Å². The van der Waals surface area contributed by atoms with Crippen LogP contribution in [0.3, 0.4) is 0 Å². The highest BCUT2D eigenvalue weighted by molar-refractivity contribution is 7.98. The second kappa shape index (κ2) is 7.69. The van der Waals surface area contributed by atoms with E-state index in [1.165, 1.54) is 17.0 Å². The number of hydrogen-bond acceptors (Lipinski definition) is 5. The number of fused-ring (bicyclic) bond motifs is 3. The number of ether oxygens (including phenoxy) is 2. The van der Waals surface area contributed by atoms with Crippen LogP contribution in [0.4, 0.5) is 4.39 Å². The minimum atomic E-state index is -0.368. The molecule has 2 aliphatic heterocycles. The molecule has 30 heavy (non-hydrogen) atoms. The van der Waals surface area contributed by atoms with Crippen molar-refractivity contribution in [2.24, 2.45) is 5.10 Å². The molecular formula is C24H21FN2O2S. The highest BCUT2D eigenvalue weighted by Gasteiger charge is 2.42. The van der Waals surface area contributed by atoms with Crippen LogP contribution in [0.1, 0.15) is 35.4 Å². The topological polar surface area (TPSA) is 34.1 Å². The lowest BCUT2D eigenvalue weighted by Gasteiger charge is -2.38. The quantitative estimate of drug-likeness (QED) is 0.500. The molecule has 3 aromatic rings. The molecule has 5 rings (SSSR count). The minimum absolute atomic E-state index is 0.0223. The Kier molecular flexibility index (Phi) is 4.87. The van der Waals surface area contributed by atoms with Crippen LogP contribution in [0, 0.1) is 5.82 Å². The van der Waals surface area contributed by atoms with Gasteiger partial charge >= 0.3 is 0 Å². The first kappa shape index (κ1) is 19.0. The van der Waals surface area contributed by atoms with Crippen LogP contribution in [0.2, 0.25) is 0 Å². The fourth-order valence-corrected chi connectivity index (χ4v) is 4.46. The molecule has 0 aliphatic carbocycles. The number of nitrogens with zero attached hydrogens (tertiary/aromatic N) is 2. The zero-order valence-electron chi connectivity index (χ0n) is 16.7. The fourth-order valence-electron chi connectivity index (χ4n) is 4.05. The number of hydrogen-bond donors (Lipinski definition) is 0. The predicted octanol–water partition coefficient (Wildman–Crippen LogP) is 5.80. The largest absolute Gasteiger partial charge is 0.493 e. The first-order valence-electron chi connectivity index (χ1n) is 9.77. The number of rotatable bonds is 4. The Morgan fingerprint density at radius 2 is 1.83 bits per heavy atom. The van der Waals surface area contributed by atoms with Crippen LogP contribution in [-0.4, -0.2) is 24.1 Å². The van der Waals surface area contributed by atoms with Crippen molar-refractivity contribution in [2.75, 3.05) is 13.4 Å². The first-order chi connectivity index (χ1) is 14.7. The van der Waals surface area contributed by atoms with E-state index in [1.807, 2.05) is 17.1 Å². The van der Waals surface area contributed by atoms with Gasteiger partial charge in [-0.15, -0.1) is 11.8 Å². The van der Waals surface area contributed by atoms with Gasteiger partial charge in [0.25, 0.3) is 0 Å². The van der Waals surface area contributed by atoms with E-state index in [0.717, 1.165) is 28.2 Å². The molecule has 0 radical (unpaired) electrons. The molecule has 152 valence electrons. The van der Waals surface area contributed by atoms with E-state index < -0.39 is 0 Å². The molecule has 0 amide bonds. The summed E-state index contributed by atoms with van der Waals surface area (Å²) >= 11 is 1.70. The molecule has 3 aromatic carbocycles. The van der Waals surface area contributed by atoms with Crippen molar-refractivity contribution >= 4 is 17.5 Å². The summed E-state index contributed by atoms with van der Waals surface area (Å²) in [5, 5.41) is 6.94. The van der Waals surface area contributed by atoms with Gasteiger partial charge in [-0.25, -0.2) is 9.40 Å². The van der Waals surface area contributed by atoms with E-state index in [4.69, 9.17) is 14.6 Å². The Morgan fingerprint density at radius 3 is 2.53 bits per heavy atom. The maximum absolute atomic E-state index is 13.4. The zero-order valence-corrected chi connectivity index (χ0v) is 17.5. The number of hydrazone groups is 1. The van der Waals surface area contributed by atoms with Crippen LogP contribution in [0.5, 0.6) is 11.5 Å². The van der Waals surface area contributed by atoms with E-state index in [1.54, 1.807) is 31.0 Å². The molecule has 2 aliphatic rings. The van der Waals surface area contributed by atoms with Crippen molar-refractivity contribution in [3.63, 3.8) is 0 Å². The number of benzene rings is 3. The van der Waals surface area contributed by atoms with Crippen LogP contribution in [-0.2, 0) is 0 Å². The lowest BCUT2D eigenvalue weighted by atomic mass is 9.95. The molecule has 0 saturated heterocycles. The van der Waals surface area contributed by atoms with Crippen LogP contribution < -0.4 is 9.47 Å². The minimum Gasteiger partial charge on any atom is -0.493 e. The van der Waals surface area contributed by atoms with Crippen molar-refractivity contribution in [1.29, 1.82) is 0 Å². The Balaban J connectivity index is 1.59. The molecule has 0 bridgehead atoms. The first-order valence-corrected chi connectivity index (χ1v) is 11.0. The molecule has 2 atom stereocenters. The van der Waals surface area contributed by atoms with Gasteiger partial charge in [-0.1, -0.05) is 36.4 Å². The van der Waals surface area contributed by atoms with E-state index in [-0.39, 0.29) is 18.1 Å². The molecular weight excluding hydrogens is 399 g/mol. The highest BCUT2D eigenvalue weighted by atomic mass is 32.2. The predicted molar refractivity (Wildman–Crippen MR) is 117 cm³/mol. The van der Waals surface area contributed by atoms with Crippen molar-refractivity contribution < 1.29 is 13.9 Å². The SMILES string of the molecule is COc1cccc2c1OC(c1ccc(SC)cc1)N1N=C(c3ccc(F)cc3)CC21. The fraction of sp³-hybridized carbons (Fsp3) is 0.208. The van der Waals surface area contributed by atoms with Gasteiger partial charge in [0.05, 0.1) is 18.9 Å². The van der Waals surface area contributed by atoms with Crippen molar-refractivity contribution in [1.82, 2.24) is 5.01 Å². The average Bonchev–Trinajstić information content (AvgIpc) is 3.24. The van der Waals surface area contributed by atoms with Crippen LogP contribution >= 0.6 is 11.8 Å². The molecule has 6 heteroatoms. The number of para-hydroxylation sites is 1. The van der Waals surface area contributed by atoms with Gasteiger partial charge in [-0.2, -0.15) is 5.10 Å². The molecule has 2 heterocycles. The van der Waals surface area contributed by atoms with Gasteiger partial charge in [-0.05, 0) is 42.2 Å². The monoisotopic (exact) mass is 420 g/mol. The van der Waals surface area contributed by atoms with E-state index in [9.17, 15) is 4.39 Å². The van der Waals surface area contributed by atoms with Gasteiger partial charge in [0.2, 0.25) is 6.23 Å². The average molecular weight is 421 g/mol. The van der Waals surface area contributed by atoms with E-state index >= 15 is 0 Å². The lowest BCUT2D eigenvalue weighted by Crippen LogP contribution is -2.33. The van der Waals surface area contributed by atoms with Gasteiger partial charge < -0.3 is 9.47 Å². The summed E-state index contributed by atoms with van der Waals surface area (Å²) in [6.07, 6.45) is 2.41. The summed E-state index contributed by atoms with van der Waals surface area (Å²) < 4.78 is 25.4. The van der Waals surface area contributed by atoms with E-state index in [2.05, 4.69) is 36.6 Å². The second-order valence-corrected chi connectivity index (χ2v) is 8.16. The highest BCUT2D eigenvalue weighted by Crippen LogP contribution is 2.50. The smallest absolute Gasteiger partial charge is 0.214 e. The Hall–Kier alpha value is -2.99. The molecule has 0 fully saturated rings. The Labute approximate surface area is 179 Å². The summed E-state index contributed by atoms with van der Waals surface area (Å²) in [6.45, 7) is 0. The molecule has 0 aromatic heterocycles. The Bertz CT molecular complexity index is 1100. The van der Waals surface area contributed by atoms with Crippen molar-refractivity contribution in [3.05, 3.63) is 89.2 Å². The maximum atomic E-state index is 13.4. The zero-order chi connectivity index (χ0) is 20.7. The standard InChI is InChI=1S/C24H21FN2O2S/c1-28-22-5-3-4-19-21-14-20(15-6-10-17(25)11-7-15)26-27(21)24(29-23(19)22)16-8-12-18(30-2)13-9-16/h3-13,21,24H,14H2,1-2H3. The van der Waals surface area contributed by atoms with Crippen LogP contribution in [0.15, 0.2) is 76.7 Å². The number of halogens is 1. The Morgan fingerprint density at radius 1 is 1.07 bits per heavy atom. The second-order valence-electron chi connectivity index (χ2n) is 7.28. The third-order valence-corrected chi connectivity index (χ3v) is 6.32. The summed E-state index contributed by atoms with van der Waals surface area (Å²) in [7, 11) is 1.66. The van der Waals surface area contributed by atoms with Gasteiger partial charge in [0, 0.05) is 22.4 Å². The molecule has 2 unspecified atom stereocenters. The summed E-state index contributed by atoms with van der Waals surface area (Å²) in [5.41, 5.74) is 3.92. The van der Waals surface area contributed by atoms with Gasteiger partial charge in [-0.3, -0.25) is 0 Å². The normalized spacial score (nSPS) is 19.6. The number of methoxy groups -OCH3 is 1.